The summed E-state index contributed by atoms with van der Waals surface area (Å²) in [7, 11) is 0. The Morgan fingerprint density at radius 3 is 1.57 bits per heavy atom. The average molecular weight is 551 g/mol. The normalized spacial score (nSPS) is 52.5. The first-order valence-electron chi connectivity index (χ1n) is 19.1. The molecule has 6 saturated carbocycles. The summed E-state index contributed by atoms with van der Waals surface area (Å²) >= 11 is 0. The standard InChI is InChI=1S/C40H70/c1-23(9-10-33-21-34(29(33)7)12-11-31-19-24(2)27(31)5)26(4)35-14-16-38-39(40(38)22-35)18-17-37-30(8)36(37)15-13-32-20-25(3)28(32)6/h23-40H,9-22H2,1-8H3. The van der Waals surface area contributed by atoms with Crippen LogP contribution in [0.1, 0.15) is 145 Å². The van der Waals surface area contributed by atoms with Crippen LogP contribution in [0.15, 0.2) is 0 Å². The summed E-state index contributed by atoms with van der Waals surface area (Å²) < 4.78 is 0. The van der Waals surface area contributed by atoms with Gasteiger partial charge in [0.05, 0.1) is 0 Å². The smallest absolute Gasteiger partial charge is 0.0349 e. The summed E-state index contributed by atoms with van der Waals surface area (Å²) in [6.07, 6.45) is 21.7. The zero-order valence-corrected chi connectivity index (χ0v) is 28.3. The van der Waals surface area contributed by atoms with Crippen molar-refractivity contribution in [3.63, 3.8) is 0 Å². The zero-order valence-electron chi connectivity index (χ0n) is 28.3. The van der Waals surface area contributed by atoms with E-state index in [2.05, 4.69) is 55.4 Å². The monoisotopic (exact) mass is 551 g/mol. The summed E-state index contributed by atoms with van der Waals surface area (Å²) in [4.78, 5) is 0. The molecule has 6 rings (SSSR count). The summed E-state index contributed by atoms with van der Waals surface area (Å²) in [6.45, 7) is 20.4. The second-order valence-corrected chi connectivity index (χ2v) is 18.2. The van der Waals surface area contributed by atoms with E-state index in [-0.39, 0.29) is 0 Å². The third kappa shape index (κ3) is 6.01. The highest BCUT2D eigenvalue weighted by Gasteiger charge is 2.54. The van der Waals surface area contributed by atoms with Crippen molar-refractivity contribution in [2.75, 3.05) is 0 Å². The number of rotatable bonds is 14. The van der Waals surface area contributed by atoms with Crippen LogP contribution in [0, 0.1) is 107 Å². The van der Waals surface area contributed by atoms with Gasteiger partial charge in [-0.25, -0.2) is 0 Å². The van der Waals surface area contributed by atoms with E-state index in [0.29, 0.717) is 0 Å². The minimum atomic E-state index is 0.941. The molecule has 6 fully saturated rings. The number of hydrogen-bond donors (Lipinski definition) is 0. The Kier molecular flexibility index (Phi) is 9.15. The van der Waals surface area contributed by atoms with Crippen molar-refractivity contribution in [2.45, 2.75) is 145 Å². The van der Waals surface area contributed by atoms with Crippen LogP contribution in [0.2, 0.25) is 0 Å². The van der Waals surface area contributed by atoms with Gasteiger partial charge in [-0.05, 0) is 190 Å². The molecule has 0 aromatic carbocycles. The molecule has 0 aromatic rings. The molecule has 6 aliphatic carbocycles. The number of hydrogen-bond acceptors (Lipinski definition) is 0. The lowest BCUT2D eigenvalue weighted by Gasteiger charge is -2.47. The largest absolute Gasteiger partial charge is 0.0622 e. The Hall–Kier alpha value is 0. The van der Waals surface area contributed by atoms with Crippen LogP contribution in [0.4, 0.5) is 0 Å². The lowest BCUT2D eigenvalue weighted by Crippen LogP contribution is -2.37. The van der Waals surface area contributed by atoms with E-state index in [0.717, 1.165) is 107 Å². The fourth-order valence-electron chi connectivity index (χ4n) is 12.0. The Bertz CT molecular complexity index is 828. The summed E-state index contributed by atoms with van der Waals surface area (Å²) in [5, 5.41) is 0. The lowest BCUT2D eigenvalue weighted by atomic mass is 9.59. The predicted octanol–water partition coefficient (Wildman–Crippen LogP) is 11.8. The highest BCUT2D eigenvalue weighted by Crippen LogP contribution is 2.62. The molecular weight excluding hydrogens is 480 g/mol. The van der Waals surface area contributed by atoms with Gasteiger partial charge in [0, 0.05) is 0 Å². The van der Waals surface area contributed by atoms with Gasteiger partial charge in [-0.15, -0.1) is 0 Å². The molecule has 40 heavy (non-hydrogen) atoms. The van der Waals surface area contributed by atoms with Gasteiger partial charge in [0.15, 0.2) is 0 Å². The molecule has 0 bridgehead atoms. The fraction of sp³-hybridized carbons (Fsp3) is 1.00. The molecular formula is C40H70. The highest BCUT2D eigenvalue weighted by molar-refractivity contribution is 5.04. The SMILES string of the molecule is CC1CC(CCC2CC(CCC(C)C(C)C3CCC4C(CCC5C(C)C5CCC5CC(C)C5C)C4C3)C2C)C1C. The van der Waals surface area contributed by atoms with Crippen LogP contribution < -0.4 is 0 Å². The maximum absolute atomic E-state index is 2.65. The number of fused-ring (bicyclic) bond motifs is 1. The molecule has 6 aliphatic rings. The van der Waals surface area contributed by atoms with Crippen LogP contribution in [0.3, 0.4) is 0 Å². The van der Waals surface area contributed by atoms with E-state index in [1.54, 1.807) is 51.4 Å². The lowest BCUT2D eigenvalue weighted by molar-refractivity contribution is 0.0344. The molecule has 0 saturated heterocycles. The molecule has 0 heterocycles. The van der Waals surface area contributed by atoms with E-state index in [9.17, 15) is 0 Å². The predicted molar refractivity (Wildman–Crippen MR) is 173 cm³/mol. The summed E-state index contributed by atoms with van der Waals surface area (Å²) in [5.74, 6) is 18.9. The highest BCUT2D eigenvalue weighted by atomic mass is 14.6. The molecule has 0 spiro atoms. The van der Waals surface area contributed by atoms with Crippen molar-refractivity contribution in [1.82, 2.24) is 0 Å². The zero-order chi connectivity index (χ0) is 28.3. The van der Waals surface area contributed by atoms with E-state index in [1.807, 2.05) is 0 Å². The minimum Gasteiger partial charge on any atom is -0.0622 e. The molecule has 0 amide bonds. The molecule has 0 radical (unpaired) electrons. The van der Waals surface area contributed by atoms with Crippen LogP contribution in [0.25, 0.3) is 0 Å². The molecule has 230 valence electrons. The van der Waals surface area contributed by atoms with Gasteiger partial charge < -0.3 is 0 Å². The first-order chi connectivity index (χ1) is 19.1. The topological polar surface area (TPSA) is 0 Å². The third-order valence-corrected chi connectivity index (χ3v) is 16.7. The molecule has 18 unspecified atom stereocenters. The maximum Gasteiger partial charge on any atom is -0.0349 e. The summed E-state index contributed by atoms with van der Waals surface area (Å²) in [5.41, 5.74) is 0. The molecule has 0 aliphatic heterocycles. The van der Waals surface area contributed by atoms with Gasteiger partial charge >= 0.3 is 0 Å². The van der Waals surface area contributed by atoms with Gasteiger partial charge in [0.25, 0.3) is 0 Å². The van der Waals surface area contributed by atoms with Crippen LogP contribution in [0.5, 0.6) is 0 Å². The van der Waals surface area contributed by atoms with E-state index < -0.39 is 0 Å². The molecule has 0 nitrogen and oxygen atoms in total. The first kappa shape index (κ1) is 30.0. The van der Waals surface area contributed by atoms with Gasteiger partial charge in [0.1, 0.15) is 0 Å². The molecule has 0 heteroatoms. The van der Waals surface area contributed by atoms with E-state index in [1.165, 1.54) is 38.5 Å². The van der Waals surface area contributed by atoms with Crippen LogP contribution in [-0.4, -0.2) is 0 Å². The Labute approximate surface area is 251 Å². The average Bonchev–Trinajstić information content (AvgIpc) is 3.83. The van der Waals surface area contributed by atoms with Crippen molar-refractivity contribution in [3.8, 4) is 0 Å². The minimum absolute atomic E-state index is 0.941. The van der Waals surface area contributed by atoms with Gasteiger partial charge in [-0.1, -0.05) is 61.8 Å². The first-order valence-corrected chi connectivity index (χ1v) is 19.1. The molecule has 18 atom stereocenters. The molecule has 0 aromatic heterocycles. The van der Waals surface area contributed by atoms with E-state index >= 15 is 0 Å². The van der Waals surface area contributed by atoms with E-state index in [4.69, 9.17) is 0 Å². The maximum atomic E-state index is 2.65. The van der Waals surface area contributed by atoms with Gasteiger partial charge in [-0.2, -0.15) is 0 Å². The Balaban J connectivity index is 0.842. The second kappa shape index (κ2) is 12.2. The molecule has 0 N–H and O–H groups in total. The van der Waals surface area contributed by atoms with Crippen molar-refractivity contribution >= 4 is 0 Å². The Morgan fingerprint density at radius 1 is 0.475 bits per heavy atom. The second-order valence-electron chi connectivity index (χ2n) is 18.2. The quantitative estimate of drug-likeness (QED) is 0.202. The van der Waals surface area contributed by atoms with Crippen LogP contribution >= 0.6 is 0 Å². The van der Waals surface area contributed by atoms with Crippen molar-refractivity contribution < 1.29 is 0 Å². The Morgan fingerprint density at radius 2 is 1.00 bits per heavy atom. The van der Waals surface area contributed by atoms with Gasteiger partial charge in [0.2, 0.25) is 0 Å². The van der Waals surface area contributed by atoms with Crippen molar-refractivity contribution in [3.05, 3.63) is 0 Å². The van der Waals surface area contributed by atoms with Crippen LogP contribution in [-0.2, 0) is 0 Å². The third-order valence-electron chi connectivity index (χ3n) is 16.7. The summed E-state index contributed by atoms with van der Waals surface area (Å²) in [6, 6.07) is 0. The fourth-order valence-corrected chi connectivity index (χ4v) is 12.0. The van der Waals surface area contributed by atoms with Gasteiger partial charge in [-0.3, -0.25) is 0 Å². The van der Waals surface area contributed by atoms with Crippen molar-refractivity contribution in [1.29, 1.82) is 0 Å². The van der Waals surface area contributed by atoms with Crippen molar-refractivity contribution in [2.24, 2.45) is 107 Å².